The molecule has 0 aliphatic heterocycles. The lowest BCUT2D eigenvalue weighted by Gasteiger charge is -2.11. The van der Waals surface area contributed by atoms with Gasteiger partial charge in [0, 0.05) is 16.8 Å². The van der Waals surface area contributed by atoms with Crippen LogP contribution in [0.1, 0.15) is 31.0 Å². The number of nitrogens with one attached hydrogen (secondary N) is 1. The van der Waals surface area contributed by atoms with Crippen molar-refractivity contribution in [2.24, 2.45) is 0 Å². The maximum Gasteiger partial charge on any atom is 0.262 e. The van der Waals surface area contributed by atoms with Gasteiger partial charge < -0.3 is 10.1 Å². The second kappa shape index (κ2) is 7.34. The van der Waals surface area contributed by atoms with Crippen molar-refractivity contribution < 1.29 is 9.53 Å². The second-order valence-electron chi connectivity index (χ2n) is 6.39. The molecule has 1 amide bonds. The quantitative estimate of drug-likeness (QED) is 0.737. The van der Waals surface area contributed by atoms with Gasteiger partial charge in [-0.2, -0.15) is 0 Å². The van der Waals surface area contributed by atoms with Gasteiger partial charge in [-0.15, -0.1) is 0 Å². The van der Waals surface area contributed by atoms with Gasteiger partial charge in [-0.05, 0) is 42.7 Å². The molecule has 3 rings (SSSR count). The summed E-state index contributed by atoms with van der Waals surface area (Å²) in [6, 6.07) is 17.5. The average molecular weight is 334 g/mol. The SMILES string of the molecule is Cc1ccc2cccc(OCC(=O)Nc3ccc(C(C)C)cc3)c2n1. The normalized spacial score (nSPS) is 10.9. The molecule has 2 aromatic carbocycles. The first kappa shape index (κ1) is 17.0. The smallest absolute Gasteiger partial charge is 0.262 e. The molecule has 0 bridgehead atoms. The number of benzene rings is 2. The number of rotatable bonds is 5. The van der Waals surface area contributed by atoms with E-state index in [1.165, 1.54) is 5.56 Å². The molecule has 1 N–H and O–H groups in total. The molecule has 1 heterocycles. The van der Waals surface area contributed by atoms with Crippen molar-refractivity contribution >= 4 is 22.5 Å². The van der Waals surface area contributed by atoms with Gasteiger partial charge in [0.1, 0.15) is 11.3 Å². The maximum absolute atomic E-state index is 12.2. The summed E-state index contributed by atoms with van der Waals surface area (Å²) in [7, 11) is 0. The Kier molecular flexibility index (Phi) is 4.98. The number of para-hydroxylation sites is 1. The molecule has 0 saturated carbocycles. The summed E-state index contributed by atoms with van der Waals surface area (Å²) in [5.74, 6) is 0.892. The van der Waals surface area contributed by atoms with Gasteiger partial charge in [-0.1, -0.05) is 44.2 Å². The predicted octanol–water partition coefficient (Wildman–Crippen LogP) is 4.68. The highest BCUT2D eigenvalue weighted by Crippen LogP contribution is 2.24. The molecule has 0 aliphatic rings. The summed E-state index contributed by atoms with van der Waals surface area (Å²) in [4.78, 5) is 16.7. The Morgan fingerprint density at radius 2 is 1.84 bits per heavy atom. The molecule has 0 aliphatic carbocycles. The van der Waals surface area contributed by atoms with Crippen molar-refractivity contribution in [3.05, 3.63) is 65.9 Å². The first-order chi connectivity index (χ1) is 12.0. The van der Waals surface area contributed by atoms with Crippen molar-refractivity contribution in [3.63, 3.8) is 0 Å². The number of pyridine rings is 1. The molecule has 0 unspecified atom stereocenters. The van der Waals surface area contributed by atoms with Gasteiger partial charge in [0.25, 0.3) is 5.91 Å². The topological polar surface area (TPSA) is 51.2 Å². The standard InChI is InChI=1S/C21H22N2O2/c1-14(2)16-9-11-18(12-10-16)23-20(24)13-25-19-6-4-5-17-8-7-15(3)22-21(17)19/h4-12,14H,13H2,1-3H3,(H,23,24). The zero-order valence-corrected chi connectivity index (χ0v) is 14.7. The van der Waals surface area contributed by atoms with Crippen LogP contribution in [0.5, 0.6) is 5.75 Å². The van der Waals surface area contributed by atoms with E-state index in [9.17, 15) is 4.79 Å². The monoisotopic (exact) mass is 334 g/mol. The third-order valence-corrected chi connectivity index (χ3v) is 4.04. The second-order valence-corrected chi connectivity index (χ2v) is 6.39. The molecular formula is C21H22N2O2. The van der Waals surface area contributed by atoms with Crippen LogP contribution >= 0.6 is 0 Å². The van der Waals surface area contributed by atoms with Crippen molar-refractivity contribution in [1.29, 1.82) is 0 Å². The maximum atomic E-state index is 12.2. The molecule has 0 saturated heterocycles. The van der Waals surface area contributed by atoms with Crippen LogP contribution in [0.3, 0.4) is 0 Å². The van der Waals surface area contributed by atoms with Crippen LogP contribution in [0, 0.1) is 6.92 Å². The van der Waals surface area contributed by atoms with Crippen molar-refractivity contribution in [2.45, 2.75) is 26.7 Å². The molecule has 0 fully saturated rings. The predicted molar refractivity (Wildman–Crippen MR) is 101 cm³/mol. The fourth-order valence-corrected chi connectivity index (χ4v) is 2.63. The Hall–Kier alpha value is -2.88. The minimum absolute atomic E-state index is 0.0549. The lowest BCUT2D eigenvalue weighted by Crippen LogP contribution is -2.20. The number of anilines is 1. The van der Waals surface area contributed by atoms with Crippen molar-refractivity contribution in [2.75, 3.05) is 11.9 Å². The number of aromatic nitrogens is 1. The molecule has 25 heavy (non-hydrogen) atoms. The summed E-state index contributed by atoms with van der Waals surface area (Å²) in [6.45, 7) is 6.16. The van der Waals surface area contributed by atoms with Gasteiger partial charge in [0.15, 0.2) is 6.61 Å². The minimum Gasteiger partial charge on any atom is -0.481 e. The van der Waals surface area contributed by atoms with Crippen molar-refractivity contribution in [1.82, 2.24) is 4.98 Å². The number of ether oxygens (including phenoxy) is 1. The number of aryl methyl sites for hydroxylation is 1. The zero-order chi connectivity index (χ0) is 17.8. The number of hydrogen-bond donors (Lipinski definition) is 1. The molecule has 3 aromatic rings. The summed E-state index contributed by atoms with van der Waals surface area (Å²) < 4.78 is 5.70. The number of fused-ring (bicyclic) bond motifs is 1. The van der Waals surface area contributed by atoms with Gasteiger partial charge in [0.2, 0.25) is 0 Å². The number of carbonyl (C=O) groups excluding carboxylic acids is 1. The van der Waals surface area contributed by atoms with Crippen LogP contribution in [-0.4, -0.2) is 17.5 Å². The van der Waals surface area contributed by atoms with Gasteiger partial charge in [-0.3, -0.25) is 4.79 Å². The Balaban J connectivity index is 1.65. The van der Waals surface area contributed by atoms with E-state index < -0.39 is 0 Å². The van der Waals surface area contributed by atoms with Crippen LogP contribution in [0.25, 0.3) is 10.9 Å². The van der Waals surface area contributed by atoms with E-state index in [0.29, 0.717) is 11.7 Å². The van der Waals surface area contributed by atoms with E-state index in [1.807, 2.05) is 61.5 Å². The van der Waals surface area contributed by atoms with E-state index in [-0.39, 0.29) is 12.5 Å². The van der Waals surface area contributed by atoms with Crippen LogP contribution in [-0.2, 0) is 4.79 Å². The lowest BCUT2D eigenvalue weighted by atomic mass is 10.0. The minimum atomic E-state index is -0.193. The largest absolute Gasteiger partial charge is 0.481 e. The number of amides is 1. The highest BCUT2D eigenvalue weighted by molar-refractivity contribution is 5.92. The fraction of sp³-hybridized carbons (Fsp3) is 0.238. The highest BCUT2D eigenvalue weighted by atomic mass is 16.5. The number of hydrogen-bond acceptors (Lipinski definition) is 3. The van der Waals surface area contributed by atoms with E-state index in [0.717, 1.165) is 22.3 Å². The van der Waals surface area contributed by atoms with Crippen LogP contribution in [0.2, 0.25) is 0 Å². The van der Waals surface area contributed by atoms with Crippen LogP contribution in [0.4, 0.5) is 5.69 Å². The first-order valence-electron chi connectivity index (χ1n) is 8.42. The molecular weight excluding hydrogens is 312 g/mol. The van der Waals surface area contributed by atoms with Crippen LogP contribution in [0.15, 0.2) is 54.6 Å². The van der Waals surface area contributed by atoms with Crippen LogP contribution < -0.4 is 10.1 Å². The summed E-state index contributed by atoms with van der Waals surface area (Å²) in [5.41, 5.74) is 3.70. The third kappa shape index (κ3) is 4.15. The van der Waals surface area contributed by atoms with Gasteiger partial charge in [0.05, 0.1) is 0 Å². The van der Waals surface area contributed by atoms with E-state index in [1.54, 1.807) is 0 Å². The molecule has 1 aromatic heterocycles. The molecule has 128 valence electrons. The highest BCUT2D eigenvalue weighted by Gasteiger charge is 2.08. The molecule has 0 atom stereocenters. The van der Waals surface area contributed by atoms with E-state index >= 15 is 0 Å². The Labute approximate surface area is 147 Å². The Bertz CT molecular complexity index is 886. The van der Waals surface area contributed by atoms with E-state index in [2.05, 4.69) is 24.1 Å². The van der Waals surface area contributed by atoms with E-state index in [4.69, 9.17) is 4.74 Å². The fourth-order valence-electron chi connectivity index (χ4n) is 2.63. The zero-order valence-electron chi connectivity index (χ0n) is 14.7. The third-order valence-electron chi connectivity index (χ3n) is 4.04. The summed E-state index contributed by atoms with van der Waals surface area (Å²) >= 11 is 0. The molecule has 4 heteroatoms. The summed E-state index contributed by atoms with van der Waals surface area (Å²) in [5, 5.41) is 3.85. The van der Waals surface area contributed by atoms with Gasteiger partial charge >= 0.3 is 0 Å². The molecule has 4 nitrogen and oxygen atoms in total. The summed E-state index contributed by atoms with van der Waals surface area (Å²) in [6.07, 6.45) is 0. The average Bonchev–Trinajstić information content (AvgIpc) is 2.60. The lowest BCUT2D eigenvalue weighted by molar-refractivity contribution is -0.118. The number of carbonyl (C=O) groups is 1. The number of nitrogens with zero attached hydrogens (tertiary/aromatic N) is 1. The van der Waals surface area contributed by atoms with Gasteiger partial charge in [-0.25, -0.2) is 4.98 Å². The Morgan fingerprint density at radius 1 is 1.08 bits per heavy atom. The molecule has 0 radical (unpaired) electrons. The van der Waals surface area contributed by atoms with Crippen molar-refractivity contribution in [3.8, 4) is 5.75 Å². The molecule has 0 spiro atoms. The first-order valence-corrected chi connectivity index (χ1v) is 8.42. The Morgan fingerprint density at radius 3 is 2.56 bits per heavy atom.